The van der Waals surface area contributed by atoms with Gasteiger partial charge in [-0.2, -0.15) is 4.72 Å². The number of fused-ring (bicyclic) bond motifs is 1. The largest absolute Gasteiger partial charge is 0.486 e. The Balaban J connectivity index is 2.09. The lowest BCUT2D eigenvalue weighted by Crippen LogP contribution is -2.54. The predicted molar refractivity (Wildman–Crippen MR) is 102 cm³/mol. The fraction of sp³-hybridized carbons (Fsp3) is 0.556. The van der Waals surface area contributed by atoms with Gasteiger partial charge in [0, 0.05) is 12.5 Å². The van der Waals surface area contributed by atoms with Gasteiger partial charge in [0.05, 0.1) is 4.90 Å². The molecule has 0 saturated carbocycles. The second-order valence-electron chi connectivity index (χ2n) is 7.28. The third kappa shape index (κ3) is 5.83. The Bertz CT molecular complexity index is 823. The number of hydrogen-bond donors (Lipinski definition) is 3. The first kappa shape index (κ1) is 22.0. The number of benzene rings is 1. The molecule has 9 nitrogen and oxygen atoms in total. The van der Waals surface area contributed by atoms with E-state index in [1.807, 2.05) is 13.8 Å². The zero-order valence-corrected chi connectivity index (χ0v) is 17.3. The number of carbonyl (C=O) groups is 2. The van der Waals surface area contributed by atoms with Crippen LogP contribution in [-0.4, -0.2) is 39.5 Å². The van der Waals surface area contributed by atoms with E-state index in [1.54, 1.807) is 13.8 Å². The molecule has 1 atom stereocenters. The van der Waals surface area contributed by atoms with Crippen LogP contribution in [0.4, 0.5) is 0 Å². The van der Waals surface area contributed by atoms with Crippen LogP contribution in [0.25, 0.3) is 0 Å². The van der Waals surface area contributed by atoms with Crippen molar-refractivity contribution in [1.82, 2.24) is 15.6 Å². The molecule has 1 aliphatic heterocycles. The van der Waals surface area contributed by atoms with Crippen molar-refractivity contribution in [2.45, 2.75) is 45.1 Å². The van der Waals surface area contributed by atoms with Gasteiger partial charge < -0.3 is 9.47 Å². The molecule has 0 fully saturated rings. The first-order chi connectivity index (χ1) is 13.1. The first-order valence-corrected chi connectivity index (χ1v) is 10.6. The maximum Gasteiger partial charge on any atom is 0.256 e. The van der Waals surface area contributed by atoms with Gasteiger partial charge in [-0.1, -0.05) is 27.7 Å². The van der Waals surface area contributed by atoms with Crippen LogP contribution in [-0.2, 0) is 19.6 Å². The lowest BCUT2D eigenvalue weighted by atomic mass is 10.1. The van der Waals surface area contributed by atoms with E-state index in [-0.39, 0.29) is 29.1 Å². The minimum atomic E-state index is -4.00. The van der Waals surface area contributed by atoms with E-state index in [1.165, 1.54) is 18.2 Å². The van der Waals surface area contributed by atoms with Gasteiger partial charge in [-0.05, 0) is 24.0 Å². The van der Waals surface area contributed by atoms with Gasteiger partial charge >= 0.3 is 0 Å². The molecule has 0 saturated heterocycles. The summed E-state index contributed by atoms with van der Waals surface area (Å²) in [6, 6.07) is 3.18. The number of amides is 2. The molecule has 3 N–H and O–H groups in total. The normalized spacial score (nSPS) is 14.6. The second-order valence-corrected chi connectivity index (χ2v) is 9.00. The van der Waals surface area contributed by atoms with Crippen LogP contribution in [0.15, 0.2) is 23.1 Å². The molecule has 0 bridgehead atoms. The lowest BCUT2D eigenvalue weighted by Gasteiger charge is -2.23. The van der Waals surface area contributed by atoms with Crippen molar-refractivity contribution in [2.24, 2.45) is 11.8 Å². The summed E-state index contributed by atoms with van der Waals surface area (Å²) in [5.74, 6) is -0.411. The van der Waals surface area contributed by atoms with E-state index in [0.29, 0.717) is 24.7 Å². The summed E-state index contributed by atoms with van der Waals surface area (Å²) in [7, 11) is -4.00. The molecule has 0 spiro atoms. The van der Waals surface area contributed by atoms with Gasteiger partial charge in [0.25, 0.3) is 5.91 Å². The zero-order valence-electron chi connectivity index (χ0n) is 16.4. The lowest BCUT2D eigenvalue weighted by molar-refractivity contribution is -0.130. The van der Waals surface area contributed by atoms with Crippen LogP contribution in [0.3, 0.4) is 0 Å². The van der Waals surface area contributed by atoms with E-state index in [0.717, 1.165) is 0 Å². The van der Waals surface area contributed by atoms with E-state index in [2.05, 4.69) is 15.6 Å². The van der Waals surface area contributed by atoms with Crippen molar-refractivity contribution in [3.05, 3.63) is 18.2 Å². The Hall–Kier alpha value is -2.33. The number of sulfonamides is 1. The quantitative estimate of drug-likeness (QED) is 0.572. The smallest absolute Gasteiger partial charge is 0.256 e. The Morgan fingerprint density at radius 3 is 2.29 bits per heavy atom. The molecule has 10 heteroatoms. The van der Waals surface area contributed by atoms with Crippen molar-refractivity contribution in [2.75, 3.05) is 13.2 Å². The zero-order chi connectivity index (χ0) is 20.9. The molecule has 1 aromatic rings. The SMILES string of the molecule is CC(C)CC(=O)NNC(=O)[C@@H](NS(=O)(=O)c1ccc2c(c1)OCCO2)C(C)C. The third-order valence-electron chi connectivity index (χ3n) is 3.97. The Morgan fingerprint density at radius 2 is 1.68 bits per heavy atom. The van der Waals surface area contributed by atoms with Crippen molar-refractivity contribution < 1.29 is 27.5 Å². The summed E-state index contributed by atoms with van der Waals surface area (Å²) < 4.78 is 38.7. The van der Waals surface area contributed by atoms with Crippen LogP contribution in [0.2, 0.25) is 0 Å². The average molecular weight is 413 g/mol. The fourth-order valence-corrected chi connectivity index (χ4v) is 3.91. The summed E-state index contributed by atoms with van der Waals surface area (Å²) in [4.78, 5) is 24.1. The minimum absolute atomic E-state index is 0.0426. The van der Waals surface area contributed by atoms with Crippen LogP contribution >= 0.6 is 0 Å². The molecule has 2 rings (SSSR count). The summed E-state index contributed by atoms with van der Waals surface area (Å²) in [6.45, 7) is 7.88. The monoisotopic (exact) mass is 413 g/mol. The third-order valence-corrected chi connectivity index (χ3v) is 5.41. The highest BCUT2D eigenvalue weighted by Crippen LogP contribution is 2.32. The molecular weight excluding hydrogens is 386 g/mol. The van der Waals surface area contributed by atoms with Crippen LogP contribution in [0, 0.1) is 11.8 Å². The van der Waals surface area contributed by atoms with Gasteiger partial charge in [-0.3, -0.25) is 20.4 Å². The van der Waals surface area contributed by atoms with Crippen LogP contribution in [0.5, 0.6) is 11.5 Å². The summed E-state index contributed by atoms with van der Waals surface area (Å²) >= 11 is 0. The number of carbonyl (C=O) groups excluding carboxylic acids is 2. The number of hydrogen-bond acceptors (Lipinski definition) is 6. The van der Waals surface area contributed by atoms with E-state index >= 15 is 0 Å². The number of ether oxygens (including phenoxy) is 2. The molecular formula is C18H27N3O6S. The van der Waals surface area contributed by atoms with E-state index < -0.39 is 22.0 Å². The first-order valence-electron chi connectivity index (χ1n) is 9.11. The summed E-state index contributed by atoms with van der Waals surface area (Å²) in [5, 5.41) is 0. The molecule has 0 aliphatic carbocycles. The molecule has 0 aromatic heterocycles. The Kier molecular flexibility index (Phi) is 7.25. The van der Waals surface area contributed by atoms with Crippen LogP contribution in [0.1, 0.15) is 34.1 Å². The Labute approximate surface area is 165 Å². The van der Waals surface area contributed by atoms with E-state index in [9.17, 15) is 18.0 Å². The van der Waals surface area contributed by atoms with Gasteiger partial charge in [0.1, 0.15) is 19.3 Å². The van der Waals surface area contributed by atoms with Crippen molar-refractivity contribution in [3.8, 4) is 11.5 Å². The molecule has 28 heavy (non-hydrogen) atoms. The molecule has 1 heterocycles. The highest BCUT2D eigenvalue weighted by Gasteiger charge is 2.29. The molecule has 0 unspecified atom stereocenters. The highest BCUT2D eigenvalue weighted by atomic mass is 32.2. The maximum atomic E-state index is 12.7. The van der Waals surface area contributed by atoms with Gasteiger partial charge in [0.15, 0.2) is 11.5 Å². The average Bonchev–Trinajstić information content (AvgIpc) is 2.63. The Morgan fingerprint density at radius 1 is 1.04 bits per heavy atom. The fourth-order valence-electron chi connectivity index (χ4n) is 2.55. The highest BCUT2D eigenvalue weighted by molar-refractivity contribution is 7.89. The van der Waals surface area contributed by atoms with Crippen molar-refractivity contribution >= 4 is 21.8 Å². The number of rotatable bonds is 7. The molecule has 0 radical (unpaired) electrons. The number of nitrogens with one attached hydrogen (secondary N) is 3. The molecule has 1 aromatic carbocycles. The summed E-state index contributed by atoms with van der Waals surface area (Å²) in [6.07, 6.45) is 0.246. The maximum absolute atomic E-state index is 12.7. The van der Waals surface area contributed by atoms with Crippen LogP contribution < -0.4 is 25.0 Å². The predicted octanol–water partition coefficient (Wildman–Crippen LogP) is 0.954. The van der Waals surface area contributed by atoms with Gasteiger partial charge in [-0.15, -0.1) is 0 Å². The molecule has 156 valence electrons. The topological polar surface area (TPSA) is 123 Å². The van der Waals surface area contributed by atoms with Crippen molar-refractivity contribution in [1.29, 1.82) is 0 Å². The van der Waals surface area contributed by atoms with Crippen molar-refractivity contribution in [3.63, 3.8) is 0 Å². The number of hydrazine groups is 1. The second kappa shape index (κ2) is 9.24. The molecule has 2 amide bonds. The minimum Gasteiger partial charge on any atom is -0.486 e. The van der Waals surface area contributed by atoms with Gasteiger partial charge in [0.2, 0.25) is 15.9 Å². The van der Waals surface area contributed by atoms with Gasteiger partial charge in [-0.25, -0.2) is 8.42 Å². The summed E-state index contributed by atoms with van der Waals surface area (Å²) in [5.41, 5.74) is 4.59. The standard InChI is InChI=1S/C18H27N3O6S/c1-11(2)9-16(22)19-20-18(23)17(12(3)4)21-28(24,25)13-5-6-14-15(10-13)27-8-7-26-14/h5-6,10-12,17,21H,7-9H2,1-4H3,(H,19,22)(H,20,23)/t17-/m0/s1. The van der Waals surface area contributed by atoms with E-state index in [4.69, 9.17) is 9.47 Å². The molecule has 1 aliphatic rings.